The van der Waals surface area contributed by atoms with E-state index in [4.69, 9.17) is 9.47 Å². The molecule has 28 heavy (non-hydrogen) atoms. The van der Waals surface area contributed by atoms with E-state index in [1.165, 1.54) is 12.8 Å². The third kappa shape index (κ3) is 6.02. The SMILES string of the molecule is CN=C(NCc1cnn(C)c1)NCc1cccc(OC)c1OC1CCCC1.I. The van der Waals surface area contributed by atoms with Gasteiger partial charge in [0.15, 0.2) is 17.5 Å². The number of aromatic nitrogens is 2. The van der Waals surface area contributed by atoms with Gasteiger partial charge in [-0.15, -0.1) is 24.0 Å². The van der Waals surface area contributed by atoms with Crippen LogP contribution in [0.2, 0.25) is 0 Å². The highest BCUT2D eigenvalue weighted by atomic mass is 127. The van der Waals surface area contributed by atoms with E-state index in [1.807, 2.05) is 31.6 Å². The van der Waals surface area contributed by atoms with Crippen molar-refractivity contribution in [1.82, 2.24) is 20.4 Å². The van der Waals surface area contributed by atoms with Gasteiger partial charge in [0, 0.05) is 44.5 Å². The molecule has 1 heterocycles. The normalized spacial score (nSPS) is 14.5. The van der Waals surface area contributed by atoms with Gasteiger partial charge in [-0.2, -0.15) is 5.10 Å². The first kappa shape index (κ1) is 22.3. The minimum absolute atomic E-state index is 0. The molecule has 2 aromatic rings. The summed E-state index contributed by atoms with van der Waals surface area (Å²) in [5.41, 5.74) is 2.16. The van der Waals surface area contributed by atoms with Crippen LogP contribution in [0.4, 0.5) is 0 Å². The van der Waals surface area contributed by atoms with E-state index in [0.29, 0.717) is 13.1 Å². The predicted molar refractivity (Wildman–Crippen MR) is 122 cm³/mol. The maximum absolute atomic E-state index is 6.29. The molecule has 1 saturated carbocycles. The van der Waals surface area contributed by atoms with E-state index in [9.17, 15) is 0 Å². The summed E-state index contributed by atoms with van der Waals surface area (Å²) in [4.78, 5) is 4.30. The van der Waals surface area contributed by atoms with Gasteiger partial charge in [0.25, 0.3) is 0 Å². The first-order chi connectivity index (χ1) is 13.2. The molecule has 0 saturated heterocycles. The van der Waals surface area contributed by atoms with E-state index in [1.54, 1.807) is 18.8 Å². The third-order valence-electron chi connectivity index (χ3n) is 4.76. The number of nitrogens with one attached hydrogen (secondary N) is 2. The highest BCUT2D eigenvalue weighted by Crippen LogP contribution is 2.34. The molecule has 1 aliphatic carbocycles. The number of aryl methyl sites for hydroxylation is 1. The summed E-state index contributed by atoms with van der Waals surface area (Å²) in [6.07, 6.45) is 8.80. The molecule has 7 nitrogen and oxygen atoms in total. The zero-order chi connectivity index (χ0) is 19.1. The van der Waals surface area contributed by atoms with Crippen LogP contribution in [0, 0.1) is 0 Å². The number of guanidine groups is 1. The van der Waals surface area contributed by atoms with Crippen molar-refractivity contribution < 1.29 is 9.47 Å². The van der Waals surface area contributed by atoms with E-state index < -0.39 is 0 Å². The lowest BCUT2D eigenvalue weighted by atomic mass is 10.1. The van der Waals surface area contributed by atoms with Crippen LogP contribution in [0.1, 0.15) is 36.8 Å². The van der Waals surface area contributed by atoms with Gasteiger partial charge in [-0.3, -0.25) is 9.67 Å². The average molecular weight is 499 g/mol. The number of halogens is 1. The van der Waals surface area contributed by atoms with Crippen molar-refractivity contribution in [3.05, 3.63) is 41.7 Å². The molecule has 0 spiro atoms. The largest absolute Gasteiger partial charge is 0.493 e. The second-order valence-electron chi connectivity index (χ2n) is 6.77. The fourth-order valence-corrected chi connectivity index (χ4v) is 3.32. The Bertz CT molecular complexity index is 772. The predicted octanol–water partition coefficient (Wildman–Crippen LogP) is 3.23. The molecule has 0 radical (unpaired) electrons. The lowest BCUT2D eigenvalue weighted by Crippen LogP contribution is -2.36. The van der Waals surface area contributed by atoms with Crippen molar-refractivity contribution in [2.45, 2.75) is 44.9 Å². The number of rotatable bonds is 7. The lowest BCUT2D eigenvalue weighted by Gasteiger charge is -2.20. The van der Waals surface area contributed by atoms with Crippen LogP contribution in [-0.4, -0.2) is 36.0 Å². The standard InChI is InChI=1S/C20H29N5O2.HI/c1-21-20(22-11-15-12-24-25(2)14-15)23-13-16-7-6-10-18(26-3)19(16)27-17-8-4-5-9-17;/h6-7,10,12,14,17H,4-5,8-9,11,13H2,1-3H3,(H2,21,22,23);1H. The Labute approximate surface area is 183 Å². The molecule has 1 aliphatic rings. The van der Waals surface area contributed by atoms with Gasteiger partial charge in [-0.05, 0) is 31.7 Å². The topological polar surface area (TPSA) is 72.7 Å². The summed E-state index contributed by atoms with van der Waals surface area (Å²) in [5, 5.41) is 10.8. The van der Waals surface area contributed by atoms with Gasteiger partial charge in [0.05, 0.1) is 19.4 Å². The van der Waals surface area contributed by atoms with E-state index in [-0.39, 0.29) is 30.1 Å². The fourth-order valence-electron chi connectivity index (χ4n) is 3.32. The fraction of sp³-hybridized carbons (Fsp3) is 0.500. The molecular formula is C20H30IN5O2. The lowest BCUT2D eigenvalue weighted by molar-refractivity contribution is 0.198. The Morgan fingerprint density at radius 2 is 2.00 bits per heavy atom. The average Bonchev–Trinajstić information content (AvgIpc) is 3.34. The molecule has 8 heteroatoms. The van der Waals surface area contributed by atoms with Crippen LogP contribution in [-0.2, 0) is 20.1 Å². The van der Waals surface area contributed by atoms with Crippen LogP contribution in [0.15, 0.2) is 35.6 Å². The number of hydrogen-bond donors (Lipinski definition) is 2. The van der Waals surface area contributed by atoms with Crippen LogP contribution in [0.25, 0.3) is 0 Å². The highest BCUT2D eigenvalue weighted by Gasteiger charge is 2.20. The Kier molecular flexibility index (Phi) is 8.88. The van der Waals surface area contributed by atoms with E-state index >= 15 is 0 Å². The first-order valence-corrected chi connectivity index (χ1v) is 9.44. The second kappa shape index (κ2) is 11.1. The van der Waals surface area contributed by atoms with Gasteiger partial charge in [0.2, 0.25) is 0 Å². The highest BCUT2D eigenvalue weighted by molar-refractivity contribution is 14.0. The molecular weight excluding hydrogens is 469 g/mol. The van der Waals surface area contributed by atoms with Gasteiger partial charge in [-0.25, -0.2) is 0 Å². The Balaban J connectivity index is 0.00000280. The van der Waals surface area contributed by atoms with Crippen molar-refractivity contribution in [1.29, 1.82) is 0 Å². The van der Waals surface area contributed by atoms with Crippen molar-refractivity contribution in [3.63, 3.8) is 0 Å². The summed E-state index contributed by atoms with van der Waals surface area (Å²) < 4.78 is 13.6. The molecule has 1 aromatic carbocycles. The summed E-state index contributed by atoms with van der Waals surface area (Å²) in [7, 11) is 5.35. The molecule has 2 N–H and O–H groups in total. The molecule has 0 atom stereocenters. The van der Waals surface area contributed by atoms with E-state index in [0.717, 1.165) is 41.4 Å². The smallest absolute Gasteiger partial charge is 0.191 e. The molecule has 0 bridgehead atoms. The van der Waals surface area contributed by atoms with Crippen LogP contribution < -0.4 is 20.1 Å². The number of para-hydroxylation sites is 1. The van der Waals surface area contributed by atoms with Gasteiger partial charge in [0.1, 0.15) is 0 Å². The Morgan fingerprint density at radius 3 is 2.64 bits per heavy atom. The minimum Gasteiger partial charge on any atom is -0.493 e. The maximum Gasteiger partial charge on any atom is 0.191 e. The number of benzene rings is 1. The Morgan fingerprint density at radius 1 is 1.25 bits per heavy atom. The zero-order valence-corrected chi connectivity index (χ0v) is 19.1. The molecule has 154 valence electrons. The molecule has 3 rings (SSSR count). The quantitative estimate of drug-likeness (QED) is 0.348. The maximum atomic E-state index is 6.29. The molecule has 1 fully saturated rings. The molecule has 0 aliphatic heterocycles. The van der Waals surface area contributed by atoms with Crippen LogP contribution >= 0.6 is 24.0 Å². The van der Waals surface area contributed by atoms with Crippen molar-refractivity contribution in [2.75, 3.05) is 14.2 Å². The van der Waals surface area contributed by atoms with E-state index in [2.05, 4.69) is 26.8 Å². The summed E-state index contributed by atoms with van der Waals surface area (Å²) in [5.74, 6) is 2.34. The number of hydrogen-bond acceptors (Lipinski definition) is 4. The molecule has 0 unspecified atom stereocenters. The van der Waals surface area contributed by atoms with Crippen LogP contribution in [0.5, 0.6) is 11.5 Å². The Hall–Kier alpha value is -1.97. The zero-order valence-electron chi connectivity index (χ0n) is 16.8. The van der Waals surface area contributed by atoms with Gasteiger partial charge in [-0.1, -0.05) is 12.1 Å². The third-order valence-corrected chi connectivity index (χ3v) is 4.76. The van der Waals surface area contributed by atoms with Crippen molar-refractivity contribution in [2.24, 2.45) is 12.0 Å². The second-order valence-corrected chi connectivity index (χ2v) is 6.77. The van der Waals surface area contributed by atoms with Gasteiger partial charge >= 0.3 is 0 Å². The summed E-state index contributed by atoms with van der Waals surface area (Å²) in [6, 6.07) is 6.00. The van der Waals surface area contributed by atoms with Crippen molar-refractivity contribution in [3.8, 4) is 11.5 Å². The number of aliphatic imine (C=N–C) groups is 1. The summed E-state index contributed by atoms with van der Waals surface area (Å²) >= 11 is 0. The van der Waals surface area contributed by atoms with Crippen molar-refractivity contribution >= 4 is 29.9 Å². The minimum atomic E-state index is 0. The van der Waals surface area contributed by atoms with Gasteiger partial charge < -0.3 is 20.1 Å². The molecule has 1 aromatic heterocycles. The number of nitrogens with zero attached hydrogens (tertiary/aromatic N) is 3. The number of ether oxygens (including phenoxy) is 2. The van der Waals surface area contributed by atoms with Crippen LogP contribution in [0.3, 0.4) is 0 Å². The molecule has 0 amide bonds. The first-order valence-electron chi connectivity index (χ1n) is 9.44. The summed E-state index contributed by atoms with van der Waals surface area (Å²) in [6.45, 7) is 1.27. The number of methoxy groups -OCH3 is 1. The monoisotopic (exact) mass is 499 g/mol.